The van der Waals surface area contributed by atoms with Gasteiger partial charge in [-0.05, 0) is 125 Å². The van der Waals surface area contributed by atoms with Crippen LogP contribution in [0.25, 0.3) is 0 Å². The fourth-order valence-corrected chi connectivity index (χ4v) is 9.49. The average molecular weight is 438 g/mol. The van der Waals surface area contributed by atoms with Gasteiger partial charge in [-0.1, -0.05) is 44.2 Å². The molecule has 0 aromatic heterocycles. The molecule has 0 amide bonds. The standard InChI is InChI=1S/C30H47NO/c1-5-30(32)18-16-24-23(19-30)11-12-26-25(24)15-17-29(4)27(13-14-28(26)29)21(3)31-20(2)22-9-7-6-8-10-22/h6-10,20-21,23-28,31-32H,5,11-19H2,1-4H3/t20-,21-,23-,24+,25-,26-,27-,28+,29-,30-/m1/s1. The number of aliphatic hydroxyl groups is 1. The second-order valence-electron chi connectivity index (χ2n) is 12.6. The monoisotopic (exact) mass is 437 g/mol. The third-order valence-electron chi connectivity index (χ3n) is 11.3. The summed E-state index contributed by atoms with van der Waals surface area (Å²) in [5.74, 6) is 5.32. The number of rotatable bonds is 5. The molecule has 0 aliphatic heterocycles. The van der Waals surface area contributed by atoms with Gasteiger partial charge in [0.2, 0.25) is 0 Å². The maximum atomic E-state index is 10.9. The van der Waals surface area contributed by atoms with Crippen molar-refractivity contribution in [3.63, 3.8) is 0 Å². The summed E-state index contributed by atoms with van der Waals surface area (Å²) in [4.78, 5) is 0. The van der Waals surface area contributed by atoms with Crippen molar-refractivity contribution in [1.29, 1.82) is 0 Å². The van der Waals surface area contributed by atoms with E-state index in [2.05, 4.69) is 63.3 Å². The van der Waals surface area contributed by atoms with Gasteiger partial charge in [0.15, 0.2) is 0 Å². The van der Waals surface area contributed by atoms with E-state index in [1.54, 1.807) is 0 Å². The Hall–Kier alpha value is -0.860. The zero-order valence-corrected chi connectivity index (χ0v) is 21.0. The summed E-state index contributed by atoms with van der Waals surface area (Å²) in [6.07, 6.45) is 12.9. The van der Waals surface area contributed by atoms with Crippen LogP contribution in [0.4, 0.5) is 0 Å². The van der Waals surface area contributed by atoms with E-state index in [9.17, 15) is 5.11 Å². The third-order valence-corrected chi connectivity index (χ3v) is 11.3. The molecule has 0 radical (unpaired) electrons. The van der Waals surface area contributed by atoms with Crippen LogP contribution >= 0.6 is 0 Å². The van der Waals surface area contributed by atoms with Crippen molar-refractivity contribution in [1.82, 2.24) is 5.32 Å². The predicted octanol–water partition coefficient (Wildman–Crippen LogP) is 7.14. The summed E-state index contributed by atoms with van der Waals surface area (Å²) >= 11 is 0. The van der Waals surface area contributed by atoms with Crippen LogP contribution < -0.4 is 5.32 Å². The van der Waals surface area contributed by atoms with Gasteiger partial charge in [-0.25, -0.2) is 0 Å². The van der Waals surface area contributed by atoms with Crippen molar-refractivity contribution in [2.45, 2.75) is 110 Å². The molecule has 4 aliphatic rings. The molecule has 0 unspecified atom stereocenters. The Morgan fingerprint density at radius 3 is 2.44 bits per heavy atom. The highest BCUT2D eigenvalue weighted by atomic mass is 16.3. The Morgan fingerprint density at radius 2 is 1.69 bits per heavy atom. The van der Waals surface area contributed by atoms with E-state index in [0.717, 1.165) is 54.8 Å². The molecule has 0 heterocycles. The molecule has 2 N–H and O–H groups in total. The van der Waals surface area contributed by atoms with Crippen LogP contribution in [0.1, 0.15) is 104 Å². The lowest BCUT2D eigenvalue weighted by Gasteiger charge is -2.57. The smallest absolute Gasteiger partial charge is 0.0648 e. The molecule has 0 spiro atoms. The van der Waals surface area contributed by atoms with Gasteiger partial charge in [0.05, 0.1) is 5.60 Å². The first-order chi connectivity index (χ1) is 15.3. The van der Waals surface area contributed by atoms with Crippen LogP contribution in [0.3, 0.4) is 0 Å². The van der Waals surface area contributed by atoms with E-state index >= 15 is 0 Å². The normalized spacial score (nSPS) is 45.4. The molecule has 0 saturated heterocycles. The molecule has 4 aliphatic carbocycles. The zero-order chi connectivity index (χ0) is 22.5. The summed E-state index contributed by atoms with van der Waals surface area (Å²) in [7, 11) is 0. The van der Waals surface area contributed by atoms with Gasteiger partial charge in [-0.2, -0.15) is 0 Å². The first-order valence-electron chi connectivity index (χ1n) is 13.9. The second kappa shape index (κ2) is 8.73. The van der Waals surface area contributed by atoms with Gasteiger partial charge >= 0.3 is 0 Å². The Balaban J connectivity index is 1.27. The Morgan fingerprint density at radius 1 is 0.938 bits per heavy atom. The van der Waals surface area contributed by atoms with E-state index in [-0.39, 0.29) is 5.60 Å². The highest BCUT2D eigenvalue weighted by molar-refractivity contribution is 5.18. The van der Waals surface area contributed by atoms with Crippen LogP contribution in [-0.2, 0) is 0 Å². The number of nitrogens with one attached hydrogen (secondary N) is 1. The van der Waals surface area contributed by atoms with Crippen molar-refractivity contribution in [3.8, 4) is 0 Å². The third kappa shape index (κ3) is 3.88. The summed E-state index contributed by atoms with van der Waals surface area (Å²) in [6.45, 7) is 9.65. The number of hydrogen-bond donors (Lipinski definition) is 2. The van der Waals surface area contributed by atoms with E-state index in [1.807, 2.05) is 0 Å². The first kappa shape index (κ1) is 22.9. The number of hydrogen-bond acceptors (Lipinski definition) is 2. The van der Waals surface area contributed by atoms with Crippen molar-refractivity contribution < 1.29 is 5.11 Å². The molecule has 0 bridgehead atoms. The van der Waals surface area contributed by atoms with Crippen LogP contribution in [0.5, 0.6) is 0 Å². The molecule has 32 heavy (non-hydrogen) atoms. The Bertz CT molecular complexity index is 778. The van der Waals surface area contributed by atoms with Crippen LogP contribution in [-0.4, -0.2) is 16.7 Å². The summed E-state index contributed by atoms with van der Waals surface area (Å²) in [6, 6.07) is 11.9. The Kier molecular flexibility index (Phi) is 6.25. The van der Waals surface area contributed by atoms with Crippen LogP contribution in [0.15, 0.2) is 30.3 Å². The van der Waals surface area contributed by atoms with Gasteiger partial charge in [0, 0.05) is 12.1 Å². The molecule has 2 heteroatoms. The number of benzene rings is 1. The van der Waals surface area contributed by atoms with E-state index < -0.39 is 0 Å². The van der Waals surface area contributed by atoms with E-state index in [4.69, 9.17) is 0 Å². The van der Waals surface area contributed by atoms with Crippen molar-refractivity contribution >= 4 is 0 Å². The van der Waals surface area contributed by atoms with Gasteiger partial charge in [0.25, 0.3) is 0 Å². The predicted molar refractivity (Wildman–Crippen MR) is 133 cm³/mol. The minimum Gasteiger partial charge on any atom is -0.390 e. The molecular formula is C30H47NO. The van der Waals surface area contributed by atoms with Crippen molar-refractivity contribution in [2.24, 2.45) is 40.9 Å². The minimum atomic E-state index is -0.355. The SMILES string of the molecule is CC[C@@]1(O)CC[C@H]2[C@H](CC[C@@H]3[C@@H]2CC[C@]2(C)[C@@H]([C@@H](C)N[C@H](C)c4ccccc4)CC[C@@H]32)C1. The number of fused-ring (bicyclic) bond motifs is 5. The first-order valence-corrected chi connectivity index (χ1v) is 13.9. The topological polar surface area (TPSA) is 32.3 Å². The van der Waals surface area contributed by atoms with Crippen molar-refractivity contribution in [2.75, 3.05) is 0 Å². The quantitative estimate of drug-likeness (QED) is 0.513. The second-order valence-corrected chi connectivity index (χ2v) is 12.6. The van der Waals surface area contributed by atoms with Crippen LogP contribution in [0.2, 0.25) is 0 Å². The minimum absolute atomic E-state index is 0.355. The highest BCUT2D eigenvalue weighted by Gasteiger charge is 2.58. The summed E-state index contributed by atoms with van der Waals surface area (Å²) in [5.41, 5.74) is 1.56. The molecule has 4 saturated carbocycles. The maximum Gasteiger partial charge on any atom is 0.0648 e. The largest absolute Gasteiger partial charge is 0.390 e. The molecule has 1 aromatic rings. The summed E-state index contributed by atoms with van der Waals surface area (Å²) in [5, 5.41) is 15.0. The maximum absolute atomic E-state index is 10.9. The highest BCUT2D eigenvalue weighted by Crippen LogP contribution is 2.65. The van der Waals surface area contributed by atoms with Crippen molar-refractivity contribution in [3.05, 3.63) is 35.9 Å². The molecular weight excluding hydrogens is 390 g/mol. The zero-order valence-electron chi connectivity index (χ0n) is 21.0. The molecule has 4 fully saturated rings. The van der Waals surface area contributed by atoms with E-state index in [0.29, 0.717) is 17.5 Å². The fraction of sp³-hybridized carbons (Fsp3) is 0.800. The van der Waals surface area contributed by atoms with Gasteiger partial charge < -0.3 is 10.4 Å². The molecule has 5 rings (SSSR count). The lowest BCUT2D eigenvalue weighted by molar-refractivity contribution is -0.108. The lowest BCUT2D eigenvalue weighted by atomic mass is 9.48. The molecule has 1 aromatic carbocycles. The van der Waals surface area contributed by atoms with Gasteiger partial charge in [-0.15, -0.1) is 0 Å². The summed E-state index contributed by atoms with van der Waals surface area (Å²) < 4.78 is 0. The molecule has 2 nitrogen and oxygen atoms in total. The van der Waals surface area contributed by atoms with Gasteiger partial charge in [0.1, 0.15) is 0 Å². The average Bonchev–Trinajstić information content (AvgIpc) is 3.16. The van der Waals surface area contributed by atoms with Gasteiger partial charge in [-0.3, -0.25) is 0 Å². The molecule has 10 atom stereocenters. The van der Waals surface area contributed by atoms with E-state index in [1.165, 1.54) is 50.5 Å². The molecule has 178 valence electrons. The Labute approximate surface area is 197 Å². The fourth-order valence-electron chi connectivity index (χ4n) is 9.49. The lowest BCUT2D eigenvalue weighted by Crippen LogP contribution is -2.52. The van der Waals surface area contributed by atoms with Crippen LogP contribution in [0, 0.1) is 40.9 Å².